The van der Waals surface area contributed by atoms with Crippen LogP contribution in [-0.2, 0) is 6.54 Å². The lowest BCUT2D eigenvalue weighted by atomic mass is 9.77. The molecule has 1 aliphatic heterocycles. The van der Waals surface area contributed by atoms with Gasteiger partial charge in [0.2, 0.25) is 0 Å². The topological polar surface area (TPSA) is 67.1 Å². The maximum Gasteiger partial charge on any atom is 0.148 e. The van der Waals surface area contributed by atoms with Gasteiger partial charge in [-0.05, 0) is 43.7 Å². The highest BCUT2D eigenvalue weighted by atomic mass is 32.1. The Morgan fingerprint density at radius 2 is 2.16 bits per heavy atom. The fraction of sp³-hybridized carbons (Fsp3) is 0.846. The Kier molecular flexibility index (Phi) is 4.76. The maximum absolute atomic E-state index is 5.47. The van der Waals surface area contributed by atoms with Gasteiger partial charge in [-0.3, -0.25) is 4.90 Å². The molecule has 6 heteroatoms. The number of likely N-dealkylation sites (tertiary alicyclic amines) is 1. The summed E-state index contributed by atoms with van der Waals surface area (Å²) in [5.74, 6) is 6.29. The molecule has 108 valence electrons. The number of nitrogens with one attached hydrogen (secondary N) is 1. The summed E-state index contributed by atoms with van der Waals surface area (Å²) in [4.78, 5) is 2.48. The summed E-state index contributed by atoms with van der Waals surface area (Å²) >= 11 is 1.32. The molecule has 1 saturated heterocycles. The van der Waals surface area contributed by atoms with E-state index in [2.05, 4.69) is 40.7 Å². The quantitative estimate of drug-likeness (QED) is 0.659. The first-order valence-electron chi connectivity index (χ1n) is 7.01. The van der Waals surface area contributed by atoms with Crippen molar-refractivity contribution >= 4 is 16.5 Å². The molecule has 1 atom stereocenters. The van der Waals surface area contributed by atoms with E-state index in [9.17, 15) is 0 Å². The normalized spacial score (nSPS) is 22.2. The van der Waals surface area contributed by atoms with Gasteiger partial charge in [0.25, 0.3) is 0 Å². The van der Waals surface area contributed by atoms with Crippen LogP contribution in [0.1, 0.15) is 45.7 Å². The zero-order valence-corrected chi connectivity index (χ0v) is 13.0. The lowest BCUT2D eigenvalue weighted by Gasteiger charge is -2.29. The number of nitrogens with zero attached hydrogens (tertiary/aromatic N) is 3. The van der Waals surface area contributed by atoms with Crippen molar-refractivity contribution < 1.29 is 0 Å². The predicted molar refractivity (Wildman–Crippen MR) is 79.8 cm³/mol. The molecule has 0 saturated carbocycles. The predicted octanol–water partition coefficient (Wildman–Crippen LogP) is 2.47. The lowest BCUT2D eigenvalue weighted by molar-refractivity contribution is 0.206. The number of nitrogens with two attached hydrogens (primary N) is 1. The molecule has 1 aromatic rings. The average molecular weight is 283 g/mol. The number of hydrogen-bond acceptors (Lipinski definition) is 6. The highest BCUT2D eigenvalue weighted by Gasteiger charge is 2.27. The lowest BCUT2D eigenvalue weighted by Crippen LogP contribution is -2.26. The van der Waals surface area contributed by atoms with E-state index in [-0.39, 0.29) is 0 Å². The van der Waals surface area contributed by atoms with E-state index in [1.807, 2.05) is 0 Å². The molecular formula is C13H25N5S. The first kappa shape index (κ1) is 14.7. The summed E-state index contributed by atoms with van der Waals surface area (Å²) in [6, 6.07) is 0. The number of nitrogen functional groups attached to an aromatic ring is 1. The fourth-order valence-electron chi connectivity index (χ4n) is 2.81. The van der Waals surface area contributed by atoms with Crippen LogP contribution in [0.5, 0.6) is 0 Å². The number of hydrazine groups is 1. The SMILES string of the molecule is CC(C)(C)C1CCCN(Cc2nnsc2NN)CC1. The van der Waals surface area contributed by atoms with Crippen molar-refractivity contribution in [1.29, 1.82) is 0 Å². The molecule has 1 unspecified atom stereocenters. The number of anilines is 1. The molecule has 19 heavy (non-hydrogen) atoms. The van der Waals surface area contributed by atoms with Crippen LogP contribution in [0.2, 0.25) is 0 Å². The molecular weight excluding hydrogens is 258 g/mol. The van der Waals surface area contributed by atoms with Gasteiger partial charge in [-0.15, -0.1) is 5.10 Å². The van der Waals surface area contributed by atoms with Gasteiger partial charge in [0.05, 0.1) is 0 Å². The molecule has 0 radical (unpaired) electrons. The zero-order chi connectivity index (χ0) is 13.9. The van der Waals surface area contributed by atoms with Crippen LogP contribution in [-0.4, -0.2) is 27.6 Å². The first-order valence-corrected chi connectivity index (χ1v) is 7.78. The van der Waals surface area contributed by atoms with Gasteiger partial charge in [-0.1, -0.05) is 25.3 Å². The van der Waals surface area contributed by atoms with E-state index in [1.165, 1.54) is 30.8 Å². The minimum absolute atomic E-state index is 0.419. The maximum atomic E-state index is 5.47. The second kappa shape index (κ2) is 6.15. The van der Waals surface area contributed by atoms with Gasteiger partial charge in [0.15, 0.2) is 0 Å². The number of aromatic nitrogens is 2. The van der Waals surface area contributed by atoms with Crippen LogP contribution in [0.3, 0.4) is 0 Å². The molecule has 2 rings (SSSR count). The fourth-order valence-corrected chi connectivity index (χ4v) is 3.30. The Hall–Kier alpha value is -0.720. The van der Waals surface area contributed by atoms with Gasteiger partial charge in [-0.2, -0.15) is 0 Å². The highest BCUT2D eigenvalue weighted by molar-refractivity contribution is 7.10. The van der Waals surface area contributed by atoms with Crippen molar-refractivity contribution in [2.24, 2.45) is 17.2 Å². The van der Waals surface area contributed by atoms with Gasteiger partial charge in [0.1, 0.15) is 10.7 Å². The molecule has 3 N–H and O–H groups in total. The second-order valence-corrected chi connectivity index (χ2v) is 7.22. The molecule has 0 amide bonds. The van der Waals surface area contributed by atoms with Crippen LogP contribution < -0.4 is 11.3 Å². The third-order valence-corrected chi connectivity index (χ3v) is 4.81. The summed E-state index contributed by atoms with van der Waals surface area (Å²) in [7, 11) is 0. The number of hydrogen-bond donors (Lipinski definition) is 2. The Morgan fingerprint density at radius 3 is 2.84 bits per heavy atom. The summed E-state index contributed by atoms with van der Waals surface area (Å²) < 4.78 is 3.96. The standard InChI is InChI=1S/C13H25N5S/c1-13(2,3)10-5-4-7-18(8-6-10)9-11-12(15-14)19-17-16-11/h10,15H,4-9,14H2,1-3H3. The molecule has 5 nitrogen and oxygen atoms in total. The third-order valence-electron chi connectivity index (χ3n) is 4.11. The molecule has 2 heterocycles. The smallest absolute Gasteiger partial charge is 0.148 e. The largest absolute Gasteiger partial charge is 0.313 e. The molecule has 1 fully saturated rings. The second-order valence-electron chi connectivity index (χ2n) is 6.46. The van der Waals surface area contributed by atoms with Gasteiger partial charge < -0.3 is 5.43 Å². The van der Waals surface area contributed by atoms with E-state index in [4.69, 9.17) is 5.84 Å². The van der Waals surface area contributed by atoms with E-state index < -0.39 is 0 Å². The molecule has 0 spiro atoms. The van der Waals surface area contributed by atoms with Crippen LogP contribution in [0.4, 0.5) is 5.00 Å². The van der Waals surface area contributed by atoms with E-state index in [1.54, 1.807) is 0 Å². The minimum Gasteiger partial charge on any atom is -0.313 e. The van der Waals surface area contributed by atoms with Crippen LogP contribution in [0, 0.1) is 11.3 Å². The molecule has 0 aromatic carbocycles. The minimum atomic E-state index is 0.419. The van der Waals surface area contributed by atoms with Gasteiger partial charge in [-0.25, -0.2) is 5.84 Å². The van der Waals surface area contributed by atoms with Crippen LogP contribution in [0.25, 0.3) is 0 Å². The Labute approximate surface area is 119 Å². The summed E-state index contributed by atoms with van der Waals surface area (Å²) in [5, 5.41) is 5.05. The van der Waals surface area contributed by atoms with Crippen LogP contribution >= 0.6 is 11.5 Å². The summed E-state index contributed by atoms with van der Waals surface area (Å²) in [5.41, 5.74) is 4.07. The number of rotatable bonds is 3. The van der Waals surface area contributed by atoms with Crippen molar-refractivity contribution in [3.8, 4) is 0 Å². The van der Waals surface area contributed by atoms with Gasteiger partial charge >= 0.3 is 0 Å². The Balaban J connectivity index is 1.93. The molecule has 1 aliphatic rings. The van der Waals surface area contributed by atoms with Crippen molar-refractivity contribution in [3.63, 3.8) is 0 Å². The first-order chi connectivity index (χ1) is 9.00. The average Bonchev–Trinajstić information content (AvgIpc) is 2.63. The van der Waals surface area contributed by atoms with E-state index in [0.29, 0.717) is 5.41 Å². The summed E-state index contributed by atoms with van der Waals surface area (Å²) in [6.45, 7) is 10.2. The molecule has 0 bridgehead atoms. The Morgan fingerprint density at radius 1 is 1.37 bits per heavy atom. The zero-order valence-electron chi connectivity index (χ0n) is 12.1. The summed E-state index contributed by atoms with van der Waals surface area (Å²) in [6.07, 6.45) is 3.87. The van der Waals surface area contributed by atoms with Gasteiger partial charge in [0, 0.05) is 18.1 Å². The monoisotopic (exact) mass is 283 g/mol. The van der Waals surface area contributed by atoms with Crippen molar-refractivity contribution in [2.45, 2.75) is 46.6 Å². The molecule has 0 aliphatic carbocycles. The van der Waals surface area contributed by atoms with Crippen molar-refractivity contribution in [3.05, 3.63) is 5.69 Å². The van der Waals surface area contributed by atoms with Crippen molar-refractivity contribution in [2.75, 3.05) is 18.5 Å². The van der Waals surface area contributed by atoms with Crippen molar-refractivity contribution in [1.82, 2.24) is 14.5 Å². The van der Waals surface area contributed by atoms with E-state index in [0.717, 1.165) is 36.2 Å². The highest BCUT2D eigenvalue weighted by Crippen LogP contribution is 2.34. The third kappa shape index (κ3) is 3.87. The van der Waals surface area contributed by atoms with E-state index >= 15 is 0 Å². The Bertz CT molecular complexity index is 398. The molecule has 1 aromatic heterocycles. The van der Waals surface area contributed by atoms with Crippen LogP contribution in [0.15, 0.2) is 0 Å².